The zero-order valence-electron chi connectivity index (χ0n) is 14.5. The van der Waals surface area contributed by atoms with Gasteiger partial charge in [-0.15, -0.1) is 0 Å². The predicted molar refractivity (Wildman–Crippen MR) is 97.3 cm³/mol. The van der Waals surface area contributed by atoms with E-state index in [0.29, 0.717) is 13.0 Å². The Hall–Kier alpha value is -3.15. The Morgan fingerprint density at radius 3 is 2.46 bits per heavy atom. The summed E-state index contributed by atoms with van der Waals surface area (Å²) in [6.07, 6.45) is 1.38. The molecule has 1 aliphatic rings. The molecule has 26 heavy (non-hydrogen) atoms. The van der Waals surface area contributed by atoms with E-state index in [-0.39, 0.29) is 22.9 Å². The van der Waals surface area contributed by atoms with Gasteiger partial charge in [0.1, 0.15) is 6.04 Å². The third kappa shape index (κ3) is 3.44. The molecule has 0 aromatic heterocycles. The number of rotatable bonds is 4. The van der Waals surface area contributed by atoms with E-state index < -0.39 is 12.0 Å². The Bertz CT molecular complexity index is 835. The first-order valence-electron chi connectivity index (χ1n) is 8.46. The largest absolute Gasteiger partial charge is 0.478 e. The maximum atomic E-state index is 12.9. The minimum absolute atomic E-state index is 0.0464. The van der Waals surface area contributed by atoms with E-state index in [1.165, 1.54) is 23.1 Å². The molecule has 0 spiro atoms. The number of piperidine rings is 1. The van der Waals surface area contributed by atoms with E-state index in [2.05, 4.69) is 0 Å². The van der Waals surface area contributed by atoms with Gasteiger partial charge in [0, 0.05) is 24.8 Å². The molecule has 134 valence electrons. The van der Waals surface area contributed by atoms with Gasteiger partial charge in [-0.2, -0.15) is 0 Å². The normalized spacial score (nSPS) is 17.0. The second kappa shape index (κ2) is 7.39. The molecule has 1 saturated heterocycles. The van der Waals surface area contributed by atoms with Crippen molar-refractivity contribution in [2.75, 3.05) is 18.5 Å². The molecular formula is C20H20N2O4. The van der Waals surface area contributed by atoms with Crippen LogP contribution in [0.2, 0.25) is 0 Å². The topological polar surface area (TPSA) is 77.9 Å². The van der Waals surface area contributed by atoms with E-state index in [1.54, 1.807) is 18.0 Å². The van der Waals surface area contributed by atoms with Crippen molar-refractivity contribution in [1.82, 2.24) is 4.90 Å². The fraction of sp³-hybridized carbons (Fsp3) is 0.250. The molecule has 1 unspecified atom stereocenters. The highest BCUT2D eigenvalue weighted by Gasteiger charge is 2.34. The van der Waals surface area contributed by atoms with Crippen LogP contribution in [-0.2, 0) is 4.79 Å². The number of carboxylic acid groups (broad SMARTS) is 1. The zero-order valence-corrected chi connectivity index (χ0v) is 14.5. The maximum absolute atomic E-state index is 12.9. The van der Waals surface area contributed by atoms with Gasteiger partial charge in [0.05, 0.1) is 5.56 Å². The molecule has 6 nitrogen and oxygen atoms in total. The molecular weight excluding hydrogens is 332 g/mol. The molecule has 2 aromatic rings. The summed E-state index contributed by atoms with van der Waals surface area (Å²) in [5, 5.41) is 9.10. The minimum Gasteiger partial charge on any atom is -0.478 e. The van der Waals surface area contributed by atoms with Crippen molar-refractivity contribution in [3.8, 4) is 0 Å². The summed E-state index contributed by atoms with van der Waals surface area (Å²) >= 11 is 0. The summed E-state index contributed by atoms with van der Waals surface area (Å²) in [7, 11) is 1.59. The van der Waals surface area contributed by atoms with Crippen molar-refractivity contribution in [3.63, 3.8) is 0 Å². The number of carboxylic acids is 1. The summed E-state index contributed by atoms with van der Waals surface area (Å²) in [6.45, 7) is 0.621. The molecule has 0 radical (unpaired) electrons. The summed E-state index contributed by atoms with van der Waals surface area (Å²) in [5.74, 6) is -1.57. The summed E-state index contributed by atoms with van der Waals surface area (Å²) in [6, 6.07) is 14.7. The average Bonchev–Trinajstić information content (AvgIpc) is 2.68. The Morgan fingerprint density at radius 2 is 1.77 bits per heavy atom. The molecule has 0 bridgehead atoms. The lowest BCUT2D eigenvalue weighted by atomic mass is 10.0. The molecule has 2 amide bonds. The molecule has 2 aromatic carbocycles. The van der Waals surface area contributed by atoms with Gasteiger partial charge in [0.15, 0.2) is 0 Å². The van der Waals surface area contributed by atoms with Gasteiger partial charge in [0.2, 0.25) is 5.91 Å². The van der Waals surface area contributed by atoms with Crippen molar-refractivity contribution in [1.29, 1.82) is 0 Å². The van der Waals surface area contributed by atoms with Gasteiger partial charge < -0.3 is 14.9 Å². The van der Waals surface area contributed by atoms with Crippen LogP contribution in [0.3, 0.4) is 0 Å². The van der Waals surface area contributed by atoms with E-state index >= 15 is 0 Å². The van der Waals surface area contributed by atoms with Crippen LogP contribution >= 0.6 is 0 Å². The number of benzene rings is 2. The van der Waals surface area contributed by atoms with Gasteiger partial charge in [-0.1, -0.05) is 24.3 Å². The van der Waals surface area contributed by atoms with Crippen LogP contribution in [0.1, 0.15) is 33.6 Å². The van der Waals surface area contributed by atoms with Crippen LogP contribution in [0.4, 0.5) is 5.69 Å². The number of hydrogen-bond acceptors (Lipinski definition) is 3. The van der Waals surface area contributed by atoms with Gasteiger partial charge in [-0.05, 0) is 43.2 Å². The standard InChI is InChI=1S/C20H20N2O4/c1-21(18(23)14-7-5-8-15(13-14)20(25)26)17-11-6-12-22(19(17)24)16-9-3-2-4-10-16/h2-5,7-10,13,17H,6,11-12H2,1H3,(H,25,26). The van der Waals surface area contributed by atoms with Gasteiger partial charge >= 0.3 is 5.97 Å². The predicted octanol–water partition coefficient (Wildman–Crippen LogP) is 2.65. The van der Waals surface area contributed by atoms with E-state index in [0.717, 1.165) is 12.1 Å². The van der Waals surface area contributed by atoms with Crippen LogP contribution in [-0.4, -0.2) is 47.4 Å². The van der Waals surface area contributed by atoms with Crippen molar-refractivity contribution in [2.45, 2.75) is 18.9 Å². The lowest BCUT2D eigenvalue weighted by molar-refractivity contribution is -0.124. The van der Waals surface area contributed by atoms with Crippen LogP contribution in [0.25, 0.3) is 0 Å². The molecule has 0 aliphatic carbocycles. The molecule has 1 aliphatic heterocycles. The highest BCUT2D eigenvalue weighted by molar-refractivity contribution is 6.03. The average molecular weight is 352 g/mol. The lowest BCUT2D eigenvalue weighted by Gasteiger charge is -2.36. The van der Waals surface area contributed by atoms with Crippen LogP contribution in [0, 0.1) is 0 Å². The first-order chi connectivity index (χ1) is 12.5. The SMILES string of the molecule is CN(C(=O)c1cccc(C(=O)O)c1)C1CCCN(c2ccccc2)C1=O. The lowest BCUT2D eigenvalue weighted by Crippen LogP contribution is -2.53. The highest BCUT2D eigenvalue weighted by Crippen LogP contribution is 2.24. The van der Waals surface area contributed by atoms with Crippen molar-refractivity contribution in [2.24, 2.45) is 0 Å². The number of nitrogens with zero attached hydrogens (tertiary/aromatic N) is 2. The number of likely N-dealkylation sites (N-methyl/N-ethyl adjacent to an activating group) is 1. The first-order valence-corrected chi connectivity index (χ1v) is 8.46. The van der Waals surface area contributed by atoms with Crippen molar-refractivity contribution < 1.29 is 19.5 Å². The Labute approximate surface area is 151 Å². The molecule has 1 N–H and O–H groups in total. The Kier molecular flexibility index (Phi) is 5.02. The van der Waals surface area contributed by atoms with Crippen molar-refractivity contribution >= 4 is 23.5 Å². The van der Waals surface area contributed by atoms with Crippen LogP contribution < -0.4 is 4.90 Å². The number of amides is 2. The third-order valence-corrected chi connectivity index (χ3v) is 4.62. The second-order valence-electron chi connectivity index (χ2n) is 6.29. The monoisotopic (exact) mass is 352 g/mol. The molecule has 3 rings (SSSR count). The summed E-state index contributed by atoms with van der Waals surface area (Å²) < 4.78 is 0. The molecule has 6 heteroatoms. The summed E-state index contributed by atoms with van der Waals surface area (Å²) in [5.41, 5.74) is 1.12. The molecule has 1 fully saturated rings. The van der Waals surface area contributed by atoms with Crippen LogP contribution in [0.5, 0.6) is 0 Å². The summed E-state index contributed by atoms with van der Waals surface area (Å²) in [4.78, 5) is 39.9. The number of aromatic carboxylic acids is 1. The van der Waals surface area contributed by atoms with Crippen molar-refractivity contribution in [3.05, 3.63) is 65.7 Å². The quantitative estimate of drug-likeness (QED) is 0.918. The number of para-hydroxylation sites is 1. The fourth-order valence-corrected chi connectivity index (χ4v) is 3.21. The Morgan fingerprint density at radius 1 is 1.08 bits per heavy atom. The number of anilines is 1. The van der Waals surface area contributed by atoms with Crippen LogP contribution in [0.15, 0.2) is 54.6 Å². The maximum Gasteiger partial charge on any atom is 0.335 e. The van der Waals surface area contributed by atoms with Gasteiger partial charge in [-0.25, -0.2) is 4.79 Å². The second-order valence-corrected chi connectivity index (χ2v) is 6.29. The van der Waals surface area contributed by atoms with E-state index in [1.807, 2.05) is 30.3 Å². The minimum atomic E-state index is -1.09. The number of carbonyl (C=O) groups is 3. The molecule has 0 saturated carbocycles. The van der Waals surface area contributed by atoms with Gasteiger partial charge in [-0.3, -0.25) is 9.59 Å². The fourth-order valence-electron chi connectivity index (χ4n) is 3.21. The van der Waals surface area contributed by atoms with E-state index in [4.69, 9.17) is 5.11 Å². The molecule has 1 atom stereocenters. The highest BCUT2D eigenvalue weighted by atomic mass is 16.4. The van der Waals surface area contributed by atoms with Gasteiger partial charge in [0.25, 0.3) is 5.91 Å². The zero-order chi connectivity index (χ0) is 18.7. The Balaban J connectivity index is 1.81. The number of hydrogen-bond donors (Lipinski definition) is 1. The number of carbonyl (C=O) groups excluding carboxylic acids is 2. The first kappa shape index (κ1) is 17.7. The molecule has 1 heterocycles. The van der Waals surface area contributed by atoms with E-state index in [9.17, 15) is 14.4 Å². The smallest absolute Gasteiger partial charge is 0.335 e. The third-order valence-electron chi connectivity index (χ3n) is 4.62.